The van der Waals surface area contributed by atoms with Crippen LogP contribution in [0.2, 0.25) is 0 Å². The first-order valence-corrected chi connectivity index (χ1v) is 4.74. The first-order valence-electron chi connectivity index (χ1n) is 3.86. The Morgan fingerprint density at radius 2 is 1.73 bits per heavy atom. The van der Waals surface area contributed by atoms with Crippen LogP contribution in [0.4, 0.5) is 4.39 Å². The number of hydrogen-bond acceptors (Lipinski definition) is 2. The molecule has 0 radical (unpaired) electrons. The molecule has 1 heterocycles. The van der Waals surface area contributed by atoms with E-state index >= 15 is 0 Å². The highest BCUT2D eigenvalue weighted by Gasteiger charge is 1.90. The molecular weight excluding hydrogens is 161 g/mol. The molecule has 0 aromatic carbocycles. The molecule has 11 heavy (non-hydrogen) atoms. The fourth-order valence-corrected chi connectivity index (χ4v) is 0.797. The maximum Gasteiger partial charge on any atom is 0.223 e. The standard InChI is InChI=1S/C4H4FNS.2C2H6/c1-3-6-4(5)2-7-3;2*1-2/h2H,1H3;2*1-2H3. The van der Waals surface area contributed by atoms with E-state index in [2.05, 4.69) is 4.98 Å². The van der Waals surface area contributed by atoms with Crippen LogP contribution >= 0.6 is 11.3 Å². The fourth-order valence-electron chi connectivity index (χ4n) is 0.337. The van der Waals surface area contributed by atoms with Crippen LogP contribution in [0.5, 0.6) is 0 Å². The minimum absolute atomic E-state index is 0.373. The predicted octanol–water partition coefficient (Wildman–Crippen LogP) is 3.64. The highest BCUT2D eigenvalue weighted by Crippen LogP contribution is 2.04. The Morgan fingerprint density at radius 1 is 1.27 bits per heavy atom. The Hall–Kier alpha value is -0.440. The molecule has 0 unspecified atom stereocenters. The molecule has 0 fully saturated rings. The first kappa shape index (κ1) is 13.2. The summed E-state index contributed by atoms with van der Waals surface area (Å²) in [4.78, 5) is 3.46. The summed E-state index contributed by atoms with van der Waals surface area (Å²) in [6.07, 6.45) is 0. The topological polar surface area (TPSA) is 12.9 Å². The molecule has 0 atom stereocenters. The molecule has 0 saturated carbocycles. The van der Waals surface area contributed by atoms with Crippen molar-refractivity contribution in [1.82, 2.24) is 4.98 Å². The summed E-state index contributed by atoms with van der Waals surface area (Å²) in [5.41, 5.74) is 0. The Morgan fingerprint density at radius 3 is 1.82 bits per heavy atom. The van der Waals surface area contributed by atoms with Crippen molar-refractivity contribution in [2.45, 2.75) is 34.6 Å². The van der Waals surface area contributed by atoms with Crippen molar-refractivity contribution in [2.75, 3.05) is 0 Å². The molecule has 1 nitrogen and oxygen atoms in total. The van der Waals surface area contributed by atoms with E-state index in [-0.39, 0.29) is 5.95 Å². The summed E-state index contributed by atoms with van der Waals surface area (Å²) >= 11 is 1.32. The predicted molar refractivity (Wildman–Crippen MR) is 49.5 cm³/mol. The third kappa shape index (κ3) is 7.46. The van der Waals surface area contributed by atoms with Crippen LogP contribution in [0.3, 0.4) is 0 Å². The van der Waals surface area contributed by atoms with Gasteiger partial charge in [-0.2, -0.15) is 4.39 Å². The summed E-state index contributed by atoms with van der Waals surface area (Å²) in [7, 11) is 0. The first-order chi connectivity index (χ1) is 5.29. The third-order valence-electron chi connectivity index (χ3n) is 0.591. The van der Waals surface area contributed by atoms with Crippen molar-refractivity contribution < 1.29 is 4.39 Å². The van der Waals surface area contributed by atoms with E-state index in [4.69, 9.17) is 0 Å². The Kier molecular flexibility index (Phi) is 11.4. The van der Waals surface area contributed by atoms with E-state index in [9.17, 15) is 4.39 Å². The van der Waals surface area contributed by atoms with Gasteiger partial charge in [-0.15, -0.1) is 11.3 Å². The molecular formula is C8H16FNS. The Labute approximate surface area is 72.3 Å². The molecule has 0 aliphatic carbocycles. The van der Waals surface area contributed by atoms with Crippen molar-refractivity contribution in [3.8, 4) is 0 Å². The van der Waals surface area contributed by atoms with E-state index in [1.807, 2.05) is 27.7 Å². The van der Waals surface area contributed by atoms with E-state index in [0.717, 1.165) is 5.01 Å². The van der Waals surface area contributed by atoms with Gasteiger partial charge in [0.15, 0.2) is 0 Å². The number of nitrogens with zero attached hydrogens (tertiary/aromatic N) is 1. The molecule has 0 spiro atoms. The molecule has 1 rings (SSSR count). The second-order valence-corrected chi connectivity index (χ2v) is 2.25. The molecule has 0 bridgehead atoms. The largest absolute Gasteiger partial charge is 0.223 e. The minimum Gasteiger partial charge on any atom is -0.213 e. The molecule has 0 amide bonds. The van der Waals surface area contributed by atoms with E-state index in [1.165, 1.54) is 16.7 Å². The van der Waals surface area contributed by atoms with E-state index in [0.29, 0.717) is 0 Å². The van der Waals surface area contributed by atoms with E-state index in [1.54, 1.807) is 6.92 Å². The SMILES string of the molecule is CC.CC.Cc1nc(F)cs1. The summed E-state index contributed by atoms with van der Waals surface area (Å²) < 4.78 is 11.8. The van der Waals surface area contributed by atoms with Crippen LogP contribution in [0.1, 0.15) is 32.7 Å². The average Bonchev–Trinajstić information content (AvgIpc) is 2.43. The van der Waals surface area contributed by atoms with Crippen molar-refractivity contribution in [3.63, 3.8) is 0 Å². The second kappa shape index (κ2) is 9.56. The summed E-state index contributed by atoms with van der Waals surface area (Å²) in [5.74, 6) is -0.373. The van der Waals surface area contributed by atoms with E-state index < -0.39 is 0 Å². The molecule has 66 valence electrons. The maximum atomic E-state index is 11.8. The van der Waals surface area contributed by atoms with Gasteiger partial charge in [0, 0.05) is 5.38 Å². The molecule has 0 aliphatic rings. The number of aryl methyl sites for hydroxylation is 1. The lowest BCUT2D eigenvalue weighted by atomic mass is 10.8. The quantitative estimate of drug-likeness (QED) is 0.589. The molecule has 0 aliphatic heterocycles. The Bertz CT molecular complexity index is 146. The van der Waals surface area contributed by atoms with Crippen LogP contribution < -0.4 is 0 Å². The van der Waals surface area contributed by atoms with Crippen molar-refractivity contribution in [2.24, 2.45) is 0 Å². The molecule has 0 saturated heterocycles. The number of halogens is 1. The van der Waals surface area contributed by atoms with Gasteiger partial charge in [0.25, 0.3) is 0 Å². The van der Waals surface area contributed by atoms with Gasteiger partial charge in [0.1, 0.15) is 0 Å². The Balaban J connectivity index is 0. The fraction of sp³-hybridized carbons (Fsp3) is 0.625. The summed E-state index contributed by atoms with van der Waals surface area (Å²) in [5, 5.41) is 2.16. The summed E-state index contributed by atoms with van der Waals surface area (Å²) in [6, 6.07) is 0. The van der Waals surface area contributed by atoms with Crippen molar-refractivity contribution >= 4 is 11.3 Å². The van der Waals surface area contributed by atoms with Gasteiger partial charge in [-0.25, -0.2) is 4.98 Å². The lowest BCUT2D eigenvalue weighted by Crippen LogP contribution is -1.68. The van der Waals surface area contributed by atoms with Crippen molar-refractivity contribution in [3.05, 3.63) is 16.3 Å². The van der Waals surface area contributed by atoms with Gasteiger partial charge in [-0.3, -0.25) is 0 Å². The van der Waals surface area contributed by atoms with Crippen LogP contribution in [0.15, 0.2) is 5.38 Å². The van der Waals surface area contributed by atoms with Gasteiger partial charge < -0.3 is 0 Å². The molecule has 3 heteroatoms. The molecule has 1 aromatic heterocycles. The molecule has 1 aromatic rings. The smallest absolute Gasteiger partial charge is 0.213 e. The minimum atomic E-state index is -0.373. The molecule has 0 N–H and O–H groups in total. The van der Waals surface area contributed by atoms with Crippen LogP contribution in [0.25, 0.3) is 0 Å². The summed E-state index contributed by atoms with van der Waals surface area (Å²) in [6.45, 7) is 9.77. The number of thiazole rings is 1. The van der Waals surface area contributed by atoms with Gasteiger partial charge in [-0.05, 0) is 6.92 Å². The third-order valence-corrected chi connectivity index (χ3v) is 1.34. The number of aromatic nitrogens is 1. The number of hydrogen-bond donors (Lipinski definition) is 0. The lowest BCUT2D eigenvalue weighted by Gasteiger charge is -1.67. The average molecular weight is 177 g/mol. The highest BCUT2D eigenvalue weighted by molar-refractivity contribution is 7.09. The normalized spacial score (nSPS) is 7.09. The van der Waals surface area contributed by atoms with Crippen LogP contribution in [-0.2, 0) is 0 Å². The van der Waals surface area contributed by atoms with Crippen LogP contribution in [-0.4, -0.2) is 4.98 Å². The maximum absolute atomic E-state index is 11.8. The zero-order valence-electron chi connectivity index (χ0n) is 7.81. The number of rotatable bonds is 0. The second-order valence-electron chi connectivity index (χ2n) is 1.19. The van der Waals surface area contributed by atoms with Gasteiger partial charge in [-0.1, -0.05) is 27.7 Å². The van der Waals surface area contributed by atoms with Gasteiger partial charge in [0.05, 0.1) is 5.01 Å². The van der Waals surface area contributed by atoms with Crippen molar-refractivity contribution in [1.29, 1.82) is 0 Å². The zero-order valence-corrected chi connectivity index (χ0v) is 8.63. The highest BCUT2D eigenvalue weighted by atomic mass is 32.1. The van der Waals surface area contributed by atoms with Gasteiger partial charge in [0.2, 0.25) is 5.95 Å². The van der Waals surface area contributed by atoms with Crippen LogP contribution in [0, 0.1) is 12.9 Å². The van der Waals surface area contributed by atoms with Gasteiger partial charge >= 0.3 is 0 Å². The zero-order chi connectivity index (χ0) is 9.28. The lowest BCUT2D eigenvalue weighted by molar-refractivity contribution is 0.590. The monoisotopic (exact) mass is 177 g/mol.